The third-order valence-electron chi connectivity index (χ3n) is 3.75. The summed E-state index contributed by atoms with van der Waals surface area (Å²) in [6.07, 6.45) is 3.69. The molecule has 2 aliphatic rings. The molecule has 2 fully saturated rings. The number of ether oxygens (including phenoxy) is 1. The summed E-state index contributed by atoms with van der Waals surface area (Å²) in [6.45, 7) is 6.02. The molecule has 5 nitrogen and oxygen atoms in total. The van der Waals surface area contributed by atoms with Crippen LogP contribution >= 0.6 is 0 Å². The summed E-state index contributed by atoms with van der Waals surface area (Å²) in [5.41, 5.74) is -1.08. The van der Waals surface area contributed by atoms with Crippen LogP contribution in [0.3, 0.4) is 0 Å². The van der Waals surface area contributed by atoms with Gasteiger partial charge in [-0.2, -0.15) is 0 Å². The molecule has 2 saturated carbocycles. The molecule has 0 aliphatic heterocycles. The van der Waals surface area contributed by atoms with Crippen molar-refractivity contribution in [3.8, 4) is 0 Å². The molecule has 0 aromatic carbocycles. The fraction of sp³-hybridized carbons (Fsp3) is 0.857. The zero-order valence-electron chi connectivity index (χ0n) is 11.9. The average molecular weight is 269 g/mol. The Morgan fingerprint density at radius 3 is 2.26 bits per heavy atom. The second-order valence-electron chi connectivity index (χ2n) is 6.74. The minimum atomic E-state index is -0.729. The molecule has 2 rings (SSSR count). The van der Waals surface area contributed by atoms with Gasteiger partial charge in [-0.15, -0.1) is 0 Å². The van der Waals surface area contributed by atoms with E-state index in [9.17, 15) is 9.59 Å². The Labute approximate surface area is 113 Å². The van der Waals surface area contributed by atoms with Crippen LogP contribution in [0.1, 0.15) is 52.9 Å². The number of carbonyl (C=O) groups excluding carboxylic acids is 1. The van der Waals surface area contributed by atoms with Crippen LogP contribution in [0.5, 0.6) is 0 Å². The van der Waals surface area contributed by atoms with Gasteiger partial charge in [-0.1, -0.05) is 0 Å². The topological polar surface area (TPSA) is 66.8 Å². The van der Waals surface area contributed by atoms with Crippen molar-refractivity contribution in [1.82, 2.24) is 4.90 Å². The normalized spacial score (nSPS) is 20.8. The lowest BCUT2D eigenvalue weighted by Crippen LogP contribution is -2.40. The molecule has 1 amide bonds. The van der Waals surface area contributed by atoms with Crippen molar-refractivity contribution in [2.75, 3.05) is 6.54 Å². The molecule has 0 atom stereocenters. The van der Waals surface area contributed by atoms with Crippen molar-refractivity contribution in [1.29, 1.82) is 0 Å². The van der Waals surface area contributed by atoms with Gasteiger partial charge in [0.05, 0.1) is 5.41 Å². The van der Waals surface area contributed by atoms with E-state index in [0.29, 0.717) is 13.0 Å². The Kier molecular flexibility index (Phi) is 3.49. The number of rotatable bonds is 5. The molecule has 0 bridgehead atoms. The smallest absolute Gasteiger partial charge is 0.410 e. The molecule has 0 spiro atoms. The second-order valence-corrected chi connectivity index (χ2v) is 6.74. The number of carboxylic acids is 1. The largest absolute Gasteiger partial charge is 0.481 e. The van der Waals surface area contributed by atoms with E-state index in [2.05, 4.69) is 0 Å². The molecule has 0 radical (unpaired) electrons. The van der Waals surface area contributed by atoms with Crippen molar-refractivity contribution in [3.63, 3.8) is 0 Å². The van der Waals surface area contributed by atoms with Crippen LogP contribution in [0.2, 0.25) is 0 Å². The van der Waals surface area contributed by atoms with Crippen LogP contribution in [0.4, 0.5) is 4.79 Å². The lowest BCUT2D eigenvalue weighted by Gasteiger charge is -2.28. The molecule has 0 heterocycles. The summed E-state index contributed by atoms with van der Waals surface area (Å²) in [5, 5.41) is 9.16. The van der Waals surface area contributed by atoms with Crippen molar-refractivity contribution < 1.29 is 19.4 Å². The van der Waals surface area contributed by atoms with Crippen LogP contribution < -0.4 is 0 Å². The molecular formula is C14H23NO4. The fourth-order valence-electron chi connectivity index (χ4n) is 2.19. The van der Waals surface area contributed by atoms with Gasteiger partial charge < -0.3 is 14.7 Å². The summed E-state index contributed by atoms with van der Waals surface area (Å²) in [4.78, 5) is 25.0. The highest BCUT2D eigenvalue weighted by atomic mass is 16.6. The lowest BCUT2D eigenvalue weighted by molar-refractivity contribution is -0.143. The zero-order chi connectivity index (χ0) is 14.3. The first-order chi connectivity index (χ1) is 8.73. The molecule has 0 unspecified atom stereocenters. The first kappa shape index (κ1) is 14.2. The van der Waals surface area contributed by atoms with Gasteiger partial charge in [0.1, 0.15) is 5.60 Å². The van der Waals surface area contributed by atoms with Gasteiger partial charge in [0, 0.05) is 12.6 Å². The van der Waals surface area contributed by atoms with Crippen molar-refractivity contribution in [2.24, 2.45) is 5.41 Å². The number of hydrogen-bond acceptors (Lipinski definition) is 3. The highest BCUT2D eigenvalue weighted by molar-refractivity contribution is 5.77. The molecule has 0 aromatic heterocycles. The second kappa shape index (κ2) is 4.69. The Morgan fingerprint density at radius 1 is 1.32 bits per heavy atom. The minimum absolute atomic E-state index is 0.249. The van der Waals surface area contributed by atoms with E-state index in [1.807, 2.05) is 20.8 Å². The third-order valence-corrected chi connectivity index (χ3v) is 3.75. The van der Waals surface area contributed by atoms with E-state index in [1.54, 1.807) is 4.90 Å². The number of aliphatic carboxylic acids is 1. The Balaban J connectivity index is 1.90. The average Bonchev–Trinajstić information content (AvgIpc) is 3.10. The van der Waals surface area contributed by atoms with E-state index >= 15 is 0 Å². The van der Waals surface area contributed by atoms with Crippen molar-refractivity contribution in [2.45, 2.75) is 64.5 Å². The number of nitrogens with zero attached hydrogens (tertiary/aromatic N) is 1. The summed E-state index contributed by atoms with van der Waals surface area (Å²) in [5.74, 6) is -0.729. The highest BCUT2D eigenvalue weighted by Crippen LogP contribution is 2.49. The summed E-state index contributed by atoms with van der Waals surface area (Å²) in [6, 6.07) is 0.249. The first-order valence-electron chi connectivity index (χ1n) is 6.97. The highest BCUT2D eigenvalue weighted by Gasteiger charge is 2.50. The van der Waals surface area contributed by atoms with E-state index in [4.69, 9.17) is 9.84 Å². The Morgan fingerprint density at radius 2 is 1.89 bits per heavy atom. The van der Waals surface area contributed by atoms with Gasteiger partial charge in [0.2, 0.25) is 0 Å². The van der Waals surface area contributed by atoms with Crippen LogP contribution in [0, 0.1) is 5.41 Å². The summed E-state index contributed by atoms with van der Waals surface area (Å²) in [7, 11) is 0. The molecule has 108 valence electrons. The third kappa shape index (κ3) is 3.61. The molecule has 1 N–H and O–H groups in total. The van der Waals surface area contributed by atoms with Gasteiger partial charge >= 0.3 is 12.1 Å². The number of hydrogen-bond donors (Lipinski definition) is 1. The Bertz CT molecular complexity index is 377. The van der Waals surface area contributed by atoms with E-state index in [1.165, 1.54) is 0 Å². The molecule has 0 saturated heterocycles. The predicted molar refractivity (Wildman–Crippen MR) is 69.9 cm³/mol. The maximum Gasteiger partial charge on any atom is 0.410 e. The first-order valence-corrected chi connectivity index (χ1v) is 6.97. The van der Waals surface area contributed by atoms with Gasteiger partial charge in [0.25, 0.3) is 0 Å². The molecule has 5 heteroatoms. The molecular weight excluding hydrogens is 246 g/mol. The maximum atomic E-state index is 12.1. The standard InChI is InChI=1S/C14H23NO4/c1-13(2,3)19-12(18)15(10-4-5-10)9-8-14(6-7-14)11(16)17/h10H,4-9H2,1-3H3,(H,16,17). The van der Waals surface area contributed by atoms with Crippen LogP contribution in [-0.2, 0) is 9.53 Å². The van der Waals surface area contributed by atoms with Crippen LogP contribution in [-0.4, -0.2) is 40.3 Å². The van der Waals surface area contributed by atoms with E-state index < -0.39 is 17.0 Å². The zero-order valence-corrected chi connectivity index (χ0v) is 11.9. The quantitative estimate of drug-likeness (QED) is 0.833. The molecule has 0 aromatic rings. The van der Waals surface area contributed by atoms with Crippen LogP contribution in [0.15, 0.2) is 0 Å². The predicted octanol–water partition coefficient (Wildman–Crippen LogP) is 2.64. The maximum absolute atomic E-state index is 12.1. The van der Waals surface area contributed by atoms with Gasteiger partial charge in [-0.05, 0) is 52.9 Å². The molecule has 2 aliphatic carbocycles. The van der Waals surface area contributed by atoms with Gasteiger partial charge in [0.15, 0.2) is 0 Å². The number of carboxylic acid groups (broad SMARTS) is 1. The number of carbonyl (C=O) groups is 2. The summed E-state index contributed by atoms with van der Waals surface area (Å²) < 4.78 is 5.39. The van der Waals surface area contributed by atoms with Gasteiger partial charge in [-0.3, -0.25) is 4.79 Å². The van der Waals surface area contributed by atoms with Crippen molar-refractivity contribution in [3.05, 3.63) is 0 Å². The number of amides is 1. The summed E-state index contributed by atoms with van der Waals surface area (Å²) >= 11 is 0. The van der Waals surface area contributed by atoms with E-state index in [0.717, 1.165) is 25.7 Å². The SMILES string of the molecule is CC(C)(C)OC(=O)N(CCC1(C(=O)O)CC1)C1CC1. The van der Waals surface area contributed by atoms with Crippen molar-refractivity contribution >= 4 is 12.1 Å². The fourth-order valence-corrected chi connectivity index (χ4v) is 2.19. The monoisotopic (exact) mass is 269 g/mol. The molecule has 19 heavy (non-hydrogen) atoms. The lowest BCUT2D eigenvalue weighted by atomic mass is 10.0. The van der Waals surface area contributed by atoms with E-state index in [-0.39, 0.29) is 12.1 Å². The van der Waals surface area contributed by atoms with Crippen LogP contribution in [0.25, 0.3) is 0 Å². The Hall–Kier alpha value is -1.26. The van der Waals surface area contributed by atoms with Gasteiger partial charge in [-0.25, -0.2) is 4.79 Å². The minimum Gasteiger partial charge on any atom is -0.481 e.